The van der Waals surface area contributed by atoms with E-state index in [2.05, 4.69) is 8.91 Å². The van der Waals surface area contributed by atoms with Gasteiger partial charge < -0.3 is 0 Å². The topological polar surface area (TPSA) is 113 Å². The third-order valence-electron chi connectivity index (χ3n) is 7.37. The highest BCUT2D eigenvalue weighted by atomic mass is 32.2. The van der Waals surface area contributed by atoms with Crippen LogP contribution in [0.2, 0.25) is 0 Å². The van der Waals surface area contributed by atoms with E-state index in [0.717, 1.165) is 12.1 Å². The molecule has 33 heavy (non-hydrogen) atoms. The molecule has 3 aliphatic rings. The summed E-state index contributed by atoms with van der Waals surface area (Å²) in [6.07, 6.45) is -7.31. The highest BCUT2D eigenvalue weighted by Crippen LogP contribution is 2.68. The van der Waals surface area contributed by atoms with Crippen molar-refractivity contribution in [2.75, 3.05) is 6.54 Å². The lowest BCUT2D eigenvalue weighted by Crippen LogP contribution is -2.56. The third kappa shape index (κ3) is 3.14. The maximum absolute atomic E-state index is 13.6. The van der Waals surface area contributed by atoms with E-state index in [1.54, 1.807) is 0 Å². The Morgan fingerprint density at radius 1 is 1.18 bits per heavy atom. The van der Waals surface area contributed by atoms with Gasteiger partial charge in [0.25, 0.3) is 0 Å². The molecule has 3 fully saturated rings. The molecule has 0 unspecified atom stereocenters. The van der Waals surface area contributed by atoms with Crippen molar-refractivity contribution in [1.29, 1.82) is 5.26 Å². The van der Waals surface area contributed by atoms with Gasteiger partial charge in [-0.1, -0.05) is 6.07 Å². The number of halogens is 6. The summed E-state index contributed by atoms with van der Waals surface area (Å²) < 4.78 is 134. The van der Waals surface area contributed by atoms with E-state index >= 15 is 0 Å². The molecule has 1 aromatic carbocycles. The van der Waals surface area contributed by atoms with E-state index < -0.39 is 77.5 Å². The van der Waals surface area contributed by atoms with Crippen molar-refractivity contribution in [3.8, 4) is 6.07 Å². The third-order valence-corrected chi connectivity index (χ3v) is 10.8. The van der Waals surface area contributed by atoms with Gasteiger partial charge in [-0.15, -0.1) is 0 Å². The summed E-state index contributed by atoms with van der Waals surface area (Å²) in [5.74, 6) is -1.89. The smallest absolute Gasteiger partial charge is 0.259 e. The number of benzene rings is 1. The van der Waals surface area contributed by atoms with Crippen LogP contribution in [0.1, 0.15) is 36.5 Å². The molecule has 1 saturated heterocycles. The Balaban J connectivity index is 1.89. The molecule has 1 aliphatic heterocycles. The van der Waals surface area contributed by atoms with E-state index in [9.17, 15) is 43.2 Å². The summed E-state index contributed by atoms with van der Waals surface area (Å²) in [5, 5.41) is 9.05. The standard InChI is InChI=1S/C18H16F6N2O5S2/c1-15-13(8-26-32(15,27)28)11-5-16(15,6-14(11)31-33(29,30)18(22,23)24)10-3-2-9(7-25)12(4-10)17(19,20)21/h2-4,11,13-14,26H,5-6,8H2,1H3/t11-,13-,14-,15+,16-/m0/s1. The van der Waals surface area contributed by atoms with Gasteiger partial charge in [-0.25, -0.2) is 13.1 Å². The first-order chi connectivity index (χ1) is 14.9. The molecule has 1 N–H and O–H groups in total. The lowest BCUT2D eigenvalue weighted by atomic mass is 9.66. The van der Waals surface area contributed by atoms with Gasteiger partial charge in [0.2, 0.25) is 10.0 Å². The molecule has 0 spiro atoms. The number of nitrogens with zero attached hydrogens (tertiary/aromatic N) is 1. The molecule has 4 rings (SSSR count). The second-order valence-electron chi connectivity index (χ2n) is 8.62. The highest BCUT2D eigenvalue weighted by Gasteiger charge is 2.76. The van der Waals surface area contributed by atoms with E-state index in [1.165, 1.54) is 13.0 Å². The van der Waals surface area contributed by atoms with Crippen LogP contribution in [0, 0.1) is 23.2 Å². The fraction of sp³-hybridized carbons (Fsp3) is 0.611. The minimum Gasteiger partial charge on any atom is -0.259 e. The van der Waals surface area contributed by atoms with Gasteiger partial charge in [0.1, 0.15) is 0 Å². The summed E-state index contributed by atoms with van der Waals surface area (Å²) in [4.78, 5) is 0. The van der Waals surface area contributed by atoms with E-state index in [-0.39, 0.29) is 18.5 Å². The van der Waals surface area contributed by atoms with E-state index in [0.29, 0.717) is 6.07 Å². The molecule has 1 heterocycles. The predicted octanol–water partition coefficient (Wildman–Crippen LogP) is 2.78. The van der Waals surface area contributed by atoms with Gasteiger partial charge in [-0.05, 0) is 49.3 Å². The van der Waals surface area contributed by atoms with Crippen molar-refractivity contribution in [3.63, 3.8) is 0 Å². The molecule has 1 aromatic rings. The first-order valence-corrected chi connectivity index (χ1v) is 12.4. The van der Waals surface area contributed by atoms with Crippen LogP contribution in [0.3, 0.4) is 0 Å². The number of nitriles is 1. The molecule has 15 heteroatoms. The molecule has 0 amide bonds. The van der Waals surface area contributed by atoms with Gasteiger partial charge in [0, 0.05) is 12.0 Å². The van der Waals surface area contributed by atoms with Gasteiger partial charge in [0.15, 0.2) is 0 Å². The van der Waals surface area contributed by atoms with E-state index in [4.69, 9.17) is 5.26 Å². The summed E-state index contributed by atoms with van der Waals surface area (Å²) in [6.45, 7) is 1.08. The van der Waals surface area contributed by atoms with Crippen LogP contribution in [0.15, 0.2) is 18.2 Å². The molecule has 0 radical (unpaired) electrons. The molecule has 182 valence electrons. The number of hydrogen-bond donors (Lipinski definition) is 1. The maximum Gasteiger partial charge on any atom is 0.523 e. The van der Waals surface area contributed by atoms with Crippen LogP contribution in [-0.4, -0.2) is 39.7 Å². The zero-order chi connectivity index (χ0) is 24.8. The van der Waals surface area contributed by atoms with Crippen LogP contribution >= 0.6 is 0 Å². The molecular formula is C18H16F6N2O5S2. The average molecular weight is 518 g/mol. The second kappa shape index (κ2) is 6.83. The number of hydrogen-bond acceptors (Lipinski definition) is 6. The highest BCUT2D eigenvalue weighted by molar-refractivity contribution is 7.91. The van der Waals surface area contributed by atoms with Crippen molar-refractivity contribution in [1.82, 2.24) is 4.72 Å². The Labute approximate surface area is 184 Å². The summed E-state index contributed by atoms with van der Waals surface area (Å²) in [6, 6.07) is 4.03. The largest absolute Gasteiger partial charge is 0.523 e. The zero-order valence-electron chi connectivity index (χ0n) is 16.7. The van der Waals surface area contributed by atoms with Crippen molar-refractivity contribution in [3.05, 3.63) is 34.9 Å². The lowest BCUT2D eigenvalue weighted by molar-refractivity contribution is -0.137. The number of alkyl halides is 6. The Morgan fingerprint density at radius 3 is 2.36 bits per heavy atom. The van der Waals surface area contributed by atoms with Crippen molar-refractivity contribution >= 4 is 20.1 Å². The zero-order valence-corrected chi connectivity index (χ0v) is 18.3. The molecule has 2 bridgehead atoms. The number of sulfonamides is 1. The van der Waals surface area contributed by atoms with Gasteiger partial charge >= 0.3 is 21.8 Å². The van der Waals surface area contributed by atoms with Crippen molar-refractivity contribution < 1.29 is 47.4 Å². The fourth-order valence-corrected chi connectivity index (χ4v) is 8.65. The van der Waals surface area contributed by atoms with Gasteiger partial charge in [-0.3, -0.25) is 4.18 Å². The normalized spacial score (nSPS) is 35.4. The van der Waals surface area contributed by atoms with Gasteiger partial charge in [0.05, 0.1) is 28.0 Å². The number of fused-ring (bicyclic) bond motifs is 5. The van der Waals surface area contributed by atoms with Gasteiger partial charge in [-0.2, -0.15) is 40.0 Å². The quantitative estimate of drug-likeness (QED) is 0.374. The SMILES string of the molecule is C[C@]12[C@@H](CNS1(=O)=O)[C@@H]1C[C@@]2(c2ccc(C#N)c(C(F)(F)F)c2)C[C@@H]1OS(=O)(=O)C(F)(F)F. The maximum atomic E-state index is 13.6. The Morgan fingerprint density at radius 2 is 1.82 bits per heavy atom. The number of rotatable bonds is 3. The second-order valence-corrected chi connectivity index (χ2v) is 12.3. The molecule has 7 nitrogen and oxygen atoms in total. The molecule has 5 atom stereocenters. The summed E-state index contributed by atoms with van der Waals surface area (Å²) >= 11 is 0. The first-order valence-electron chi connectivity index (χ1n) is 9.52. The van der Waals surface area contributed by atoms with E-state index in [1.807, 2.05) is 0 Å². The summed E-state index contributed by atoms with van der Waals surface area (Å²) in [7, 11) is -10.2. The van der Waals surface area contributed by atoms with Crippen LogP contribution in [0.4, 0.5) is 26.3 Å². The molecular weight excluding hydrogens is 502 g/mol. The monoisotopic (exact) mass is 518 g/mol. The molecule has 0 aromatic heterocycles. The Bertz CT molecular complexity index is 1270. The Hall–Kier alpha value is -1.89. The van der Waals surface area contributed by atoms with Crippen LogP contribution in [0.5, 0.6) is 0 Å². The summed E-state index contributed by atoms with van der Waals surface area (Å²) in [5.41, 5.74) is -9.59. The lowest BCUT2D eigenvalue weighted by Gasteiger charge is -2.45. The first kappa shape index (κ1) is 24.2. The van der Waals surface area contributed by atoms with Crippen LogP contribution in [-0.2, 0) is 35.9 Å². The Kier molecular flexibility index (Phi) is 5.02. The molecule has 2 saturated carbocycles. The fourth-order valence-electron chi connectivity index (χ4n) is 5.85. The van der Waals surface area contributed by atoms with Crippen molar-refractivity contribution in [2.24, 2.45) is 11.8 Å². The van der Waals surface area contributed by atoms with Crippen LogP contribution in [0.25, 0.3) is 0 Å². The minimum absolute atomic E-state index is 0.161. The predicted molar refractivity (Wildman–Crippen MR) is 99.2 cm³/mol. The average Bonchev–Trinajstić information content (AvgIpc) is 3.25. The molecule has 2 aliphatic carbocycles. The van der Waals surface area contributed by atoms with Crippen LogP contribution < -0.4 is 4.72 Å². The minimum atomic E-state index is -6.02. The number of nitrogens with one attached hydrogen (secondary N) is 1. The van der Waals surface area contributed by atoms with Crippen molar-refractivity contribution in [2.45, 2.75) is 47.7 Å².